The van der Waals surface area contributed by atoms with Crippen LogP contribution in [-0.4, -0.2) is 10.7 Å². The Morgan fingerprint density at radius 1 is 1.16 bits per heavy atom. The van der Waals surface area contributed by atoms with Gasteiger partial charge in [0, 0.05) is 12.0 Å². The van der Waals surface area contributed by atoms with Crippen molar-refractivity contribution in [3.05, 3.63) is 40.8 Å². The average molecular weight is 288 g/mol. The number of nitrogens with zero attached hydrogens (tertiary/aromatic N) is 1. The lowest BCUT2D eigenvalue weighted by Gasteiger charge is -2.12. The highest BCUT2D eigenvalue weighted by Gasteiger charge is 2.27. The zero-order valence-electron chi connectivity index (χ0n) is 11.2. The molecule has 0 atom stereocenters. The fourth-order valence-corrected chi connectivity index (χ4v) is 4.62. The molecule has 0 amide bonds. The zero-order valence-corrected chi connectivity index (χ0v) is 12.8. The average Bonchev–Trinajstić information content (AvgIpc) is 2.48. The molecule has 0 spiro atoms. The molecule has 0 fully saturated rings. The second-order valence-electron chi connectivity index (χ2n) is 4.73. The summed E-state index contributed by atoms with van der Waals surface area (Å²) < 4.78 is 0. The summed E-state index contributed by atoms with van der Waals surface area (Å²) in [5.74, 6) is 1.10. The van der Waals surface area contributed by atoms with E-state index in [4.69, 9.17) is 4.98 Å². The lowest BCUT2D eigenvalue weighted by molar-refractivity contribution is 0.679. The predicted octanol–water partition coefficient (Wildman–Crippen LogP) is 5.08. The van der Waals surface area contributed by atoms with Crippen molar-refractivity contribution >= 4 is 23.1 Å². The second-order valence-corrected chi connectivity index (χ2v) is 7.07. The molecule has 1 aromatic carbocycles. The molecule has 0 N–H and O–H groups in total. The fraction of sp³-hybridized carbons (Fsp3) is 0.375. The Bertz CT molecular complexity index is 566. The molecule has 0 unspecified atom stereocenters. The summed E-state index contributed by atoms with van der Waals surface area (Å²) in [4.78, 5) is 6.49. The van der Waals surface area contributed by atoms with Crippen molar-refractivity contribution in [1.82, 2.24) is 4.98 Å². The van der Waals surface area contributed by atoms with E-state index in [0.717, 1.165) is 5.75 Å². The van der Waals surface area contributed by atoms with Crippen molar-refractivity contribution < 1.29 is 0 Å². The molecule has 2 aromatic rings. The van der Waals surface area contributed by atoms with Gasteiger partial charge in [-0.05, 0) is 37.1 Å². The summed E-state index contributed by atoms with van der Waals surface area (Å²) in [5.41, 5.74) is 2.78. The fourth-order valence-electron chi connectivity index (χ4n) is 2.48. The Balaban J connectivity index is 2.09. The normalized spacial score (nSPS) is 14.2. The molecule has 0 aliphatic heterocycles. The Morgan fingerprint density at radius 3 is 2.74 bits per heavy atom. The van der Waals surface area contributed by atoms with E-state index in [1.54, 1.807) is 4.88 Å². The molecule has 0 radical (unpaired) electrons. The van der Waals surface area contributed by atoms with Gasteiger partial charge in [-0.2, -0.15) is 4.98 Å². The molecule has 3 heteroatoms. The number of aromatic nitrogens is 1. The Morgan fingerprint density at radius 2 is 1.95 bits per heavy atom. The smallest absolute Gasteiger partial charge is 0.186 e. The van der Waals surface area contributed by atoms with Crippen LogP contribution in [0.1, 0.15) is 30.2 Å². The van der Waals surface area contributed by atoms with E-state index in [-0.39, 0.29) is 0 Å². The molecule has 19 heavy (non-hydrogen) atoms. The van der Waals surface area contributed by atoms with E-state index >= 15 is 0 Å². The largest absolute Gasteiger partial charge is 0.331 e. The van der Waals surface area contributed by atoms with Crippen molar-refractivity contribution in [1.29, 1.82) is 0 Å². The monoisotopic (exact) mass is 288 g/mol. The molecule has 3 rings (SSSR count). The van der Waals surface area contributed by atoms with Crippen LogP contribution in [0.4, 0.5) is 0 Å². The van der Waals surface area contributed by atoms with Gasteiger partial charge in [0.05, 0.1) is 5.56 Å². The van der Waals surface area contributed by atoms with Gasteiger partial charge in [0.1, 0.15) is 5.03 Å². The van der Waals surface area contributed by atoms with Crippen molar-refractivity contribution in [2.45, 2.75) is 37.6 Å². The highest BCUT2D eigenvalue weighted by atomic mass is 32.2. The van der Waals surface area contributed by atoms with Crippen LogP contribution in [0.25, 0.3) is 10.6 Å². The molecular formula is C16H18NS2+. The van der Waals surface area contributed by atoms with Crippen molar-refractivity contribution in [2.75, 3.05) is 5.75 Å². The minimum atomic E-state index is 1.10. The van der Waals surface area contributed by atoms with Gasteiger partial charge in [0.15, 0.2) is 0 Å². The van der Waals surface area contributed by atoms with Crippen LogP contribution in [0.2, 0.25) is 0 Å². The third-order valence-corrected chi connectivity index (χ3v) is 5.52. The van der Waals surface area contributed by atoms with Crippen LogP contribution in [-0.2, 0) is 12.8 Å². The molecule has 1 aliphatic rings. The number of rotatable bonds is 3. The molecule has 1 aromatic heterocycles. The van der Waals surface area contributed by atoms with Gasteiger partial charge in [0.25, 0.3) is 0 Å². The van der Waals surface area contributed by atoms with E-state index in [9.17, 15) is 0 Å². The molecule has 1 aliphatic carbocycles. The summed E-state index contributed by atoms with van der Waals surface area (Å²) in [6, 6.07) is 10.6. The molecule has 0 saturated carbocycles. The van der Waals surface area contributed by atoms with Gasteiger partial charge in [-0.15, -0.1) is 11.8 Å². The Labute approximate surface area is 123 Å². The van der Waals surface area contributed by atoms with Gasteiger partial charge in [-0.1, -0.05) is 25.1 Å². The van der Waals surface area contributed by atoms with E-state index in [1.165, 1.54) is 46.8 Å². The van der Waals surface area contributed by atoms with Crippen molar-refractivity contribution in [3.63, 3.8) is 0 Å². The van der Waals surface area contributed by atoms with Crippen LogP contribution in [0.3, 0.4) is 0 Å². The summed E-state index contributed by atoms with van der Waals surface area (Å²) in [6.45, 7) is 2.21. The van der Waals surface area contributed by atoms with Gasteiger partial charge in [-0.25, -0.2) is 0 Å². The molecule has 1 heterocycles. The molecule has 1 nitrogen and oxygen atoms in total. The van der Waals surface area contributed by atoms with Crippen molar-refractivity contribution in [3.8, 4) is 10.6 Å². The first-order chi connectivity index (χ1) is 9.38. The van der Waals surface area contributed by atoms with Crippen LogP contribution < -0.4 is 0 Å². The first-order valence-electron chi connectivity index (χ1n) is 6.92. The highest BCUT2D eigenvalue weighted by molar-refractivity contribution is 7.99. The van der Waals surface area contributed by atoms with Gasteiger partial charge >= 0.3 is 5.01 Å². The van der Waals surface area contributed by atoms with E-state index in [0.29, 0.717) is 0 Å². The van der Waals surface area contributed by atoms with Crippen LogP contribution >= 0.6 is 23.1 Å². The first kappa shape index (κ1) is 13.1. The Hall–Kier alpha value is -0.930. The molecule has 98 valence electrons. The molecule has 0 bridgehead atoms. The van der Waals surface area contributed by atoms with E-state index < -0.39 is 0 Å². The number of thioether (sulfide) groups is 1. The first-order valence-corrected chi connectivity index (χ1v) is 8.73. The third kappa shape index (κ3) is 2.82. The summed E-state index contributed by atoms with van der Waals surface area (Å²) in [6.07, 6.45) is 5.11. The maximum Gasteiger partial charge on any atom is 0.331 e. The topological polar surface area (TPSA) is 12.9 Å². The SMILES string of the molecule is CCSc1nc(-c2ccccc2)[s+]c2c1CCCC2. The summed E-state index contributed by atoms with van der Waals surface area (Å²) in [7, 11) is 0. The summed E-state index contributed by atoms with van der Waals surface area (Å²) in [5, 5.41) is 2.45. The maximum atomic E-state index is 4.93. The third-order valence-electron chi connectivity index (χ3n) is 3.40. The van der Waals surface area contributed by atoms with Gasteiger partial charge in [-0.3, -0.25) is 0 Å². The highest BCUT2D eigenvalue weighted by Crippen LogP contribution is 2.36. The minimum absolute atomic E-state index is 1.10. The van der Waals surface area contributed by atoms with Crippen LogP contribution in [0.15, 0.2) is 35.4 Å². The van der Waals surface area contributed by atoms with Gasteiger partial charge < -0.3 is 0 Å². The molecule has 0 saturated heterocycles. The number of hydrogen-bond donors (Lipinski definition) is 0. The number of benzene rings is 1. The van der Waals surface area contributed by atoms with Crippen LogP contribution in [0, 0.1) is 0 Å². The van der Waals surface area contributed by atoms with E-state index in [2.05, 4.69) is 37.3 Å². The lowest BCUT2D eigenvalue weighted by atomic mass is 10.00. The van der Waals surface area contributed by atoms with Crippen molar-refractivity contribution in [2.24, 2.45) is 0 Å². The van der Waals surface area contributed by atoms with Gasteiger partial charge in [0.2, 0.25) is 16.2 Å². The second kappa shape index (κ2) is 6.02. The Kier molecular flexibility index (Phi) is 4.14. The number of fused-ring (bicyclic) bond motifs is 1. The quantitative estimate of drug-likeness (QED) is 0.577. The summed E-state index contributed by atoms with van der Waals surface area (Å²) >= 11 is 3.79. The zero-order chi connectivity index (χ0) is 13.1. The van der Waals surface area contributed by atoms with E-state index in [1.807, 2.05) is 23.1 Å². The lowest BCUT2D eigenvalue weighted by Crippen LogP contribution is -2.05. The maximum absolute atomic E-state index is 4.93. The minimum Gasteiger partial charge on any atom is -0.186 e. The number of hydrogen-bond acceptors (Lipinski definition) is 2. The van der Waals surface area contributed by atoms with Crippen LogP contribution in [0.5, 0.6) is 0 Å². The molecular weight excluding hydrogens is 270 g/mol. The number of aryl methyl sites for hydroxylation is 1. The standard InChI is InChI=1S/C16H18NS2/c1-2-18-16-13-10-6-7-11-14(13)19-15(17-16)12-8-4-3-5-9-12/h3-5,8-9H,2,6-7,10-11H2,1H3/q+1. The predicted molar refractivity (Wildman–Crippen MR) is 85.0 cm³/mol.